The van der Waals surface area contributed by atoms with Crippen molar-refractivity contribution in [1.29, 1.82) is 0 Å². The zero-order chi connectivity index (χ0) is 10.5. The highest BCUT2D eigenvalue weighted by atomic mass is 16.5. The molecular formula is C13H19NO. The minimum atomic E-state index is 0.398. The summed E-state index contributed by atoms with van der Waals surface area (Å²) in [7, 11) is 2.02. The van der Waals surface area contributed by atoms with Gasteiger partial charge in [-0.1, -0.05) is 30.3 Å². The number of rotatable bonds is 4. The molecule has 0 amide bonds. The van der Waals surface area contributed by atoms with Crippen molar-refractivity contribution in [3.63, 3.8) is 0 Å². The van der Waals surface area contributed by atoms with Crippen molar-refractivity contribution < 1.29 is 4.74 Å². The molecule has 1 N–H and O–H groups in total. The van der Waals surface area contributed by atoms with Crippen LogP contribution in [0, 0.1) is 0 Å². The Kier molecular flexibility index (Phi) is 3.75. The highest BCUT2D eigenvalue weighted by Crippen LogP contribution is 2.18. The second kappa shape index (κ2) is 5.29. The fourth-order valence-electron chi connectivity index (χ4n) is 2.21. The lowest BCUT2D eigenvalue weighted by molar-refractivity contribution is 0.0808. The third kappa shape index (κ3) is 2.80. The van der Waals surface area contributed by atoms with Crippen LogP contribution < -0.4 is 5.32 Å². The molecule has 0 spiro atoms. The van der Waals surface area contributed by atoms with Gasteiger partial charge in [0.1, 0.15) is 0 Å². The SMILES string of the molecule is CN[C@H](Cc1ccccc1)[C@@H]1CCCO1. The van der Waals surface area contributed by atoms with Gasteiger partial charge in [-0.15, -0.1) is 0 Å². The average molecular weight is 205 g/mol. The summed E-state index contributed by atoms with van der Waals surface area (Å²) in [6, 6.07) is 11.1. The molecule has 2 heteroatoms. The van der Waals surface area contributed by atoms with E-state index in [0.717, 1.165) is 13.0 Å². The standard InChI is InChI=1S/C13H19NO/c1-14-12(13-8-5-9-15-13)10-11-6-3-2-4-7-11/h2-4,6-7,12-14H,5,8-10H2,1H3/t12-,13+/m1/s1. The Morgan fingerprint density at radius 3 is 2.80 bits per heavy atom. The predicted molar refractivity (Wildman–Crippen MR) is 62.0 cm³/mol. The number of likely N-dealkylation sites (N-methyl/N-ethyl adjacent to an activating group) is 1. The summed E-state index contributed by atoms with van der Waals surface area (Å²) in [6.07, 6.45) is 3.85. The Balaban J connectivity index is 1.96. The Bertz CT molecular complexity index is 280. The highest BCUT2D eigenvalue weighted by Gasteiger charge is 2.24. The first kappa shape index (κ1) is 10.7. The molecule has 0 saturated carbocycles. The molecule has 1 aromatic carbocycles. The van der Waals surface area contributed by atoms with Gasteiger partial charge in [0.25, 0.3) is 0 Å². The highest BCUT2D eigenvalue weighted by molar-refractivity contribution is 5.16. The van der Waals surface area contributed by atoms with E-state index >= 15 is 0 Å². The van der Waals surface area contributed by atoms with Gasteiger partial charge in [-0.2, -0.15) is 0 Å². The van der Waals surface area contributed by atoms with Crippen LogP contribution in [0.15, 0.2) is 30.3 Å². The van der Waals surface area contributed by atoms with Crippen LogP contribution in [0.1, 0.15) is 18.4 Å². The zero-order valence-electron chi connectivity index (χ0n) is 9.28. The van der Waals surface area contributed by atoms with Crippen LogP contribution in [-0.4, -0.2) is 25.8 Å². The largest absolute Gasteiger partial charge is 0.377 e. The predicted octanol–water partition coefficient (Wildman–Crippen LogP) is 2.00. The van der Waals surface area contributed by atoms with E-state index in [1.165, 1.54) is 18.4 Å². The van der Waals surface area contributed by atoms with Crippen LogP contribution in [0.2, 0.25) is 0 Å². The van der Waals surface area contributed by atoms with Gasteiger partial charge in [-0.25, -0.2) is 0 Å². The van der Waals surface area contributed by atoms with Gasteiger partial charge in [0.15, 0.2) is 0 Å². The molecule has 1 aliphatic rings. The second-order valence-electron chi connectivity index (χ2n) is 4.14. The van der Waals surface area contributed by atoms with Crippen LogP contribution in [0.4, 0.5) is 0 Å². The fraction of sp³-hybridized carbons (Fsp3) is 0.538. The summed E-state index contributed by atoms with van der Waals surface area (Å²) >= 11 is 0. The van der Waals surface area contributed by atoms with Gasteiger partial charge >= 0.3 is 0 Å². The monoisotopic (exact) mass is 205 g/mol. The summed E-state index contributed by atoms with van der Waals surface area (Å²) in [5, 5.41) is 3.37. The number of benzene rings is 1. The van der Waals surface area contributed by atoms with Crippen LogP contribution in [0.3, 0.4) is 0 Å². The molecule has 15 heavy (non-hydrogen) atoms. The number of nitrogens with one attached hydrogen (secondary N) is 1. The first-order valence-corrected chi connectivity index (χ1v) is 5.73. The van der Waals surface area contributed by atoms with Gasteiger partial charge in [0.2, 0.25) is 0 Å². The van der Waals surface area contributed by atoms with Gasteiger partial charge in [-0.3, -0.25) is 0 Å². The summed E-state index contributed by atoms with van der Waals surface area (Å²) < 4.78 is 5.72. The summed E-state index contributed by atoms with van der Waals surface area (Å²) in [4.78, 5) is 0. The summed E-state index contributed by atoms with van der Waals surface area (Å²) in [5.74, 6) is 0. The fourth-order valence-corrected chi connectivity index (χ4v) is 2.21. The minimum Gasteiger partial charge on any atom is -0.377 e. The topological polar surface area (TPSA) is 21.3 Å². The van der Waals surface area contributed by atoms with E-state index in [9.17, 15) is 0 Å². The van der Waals surface area contributed by atoms with E-state index in [1.54, 1.807) is 0 Å². The van der Waals surface area contributed by atoms with E-state index in [0.29, 0.717) is 12.1 Å². The van der Waals surface area contributed by atoms with Crippen molar-refractivity contribution in [3.8, 4) is 0 Å². The lowest BCUT2D eigenvalue weighted by Crippen LogP contribution is -2.39. The maximum atomic E-state index is 5.72. The van der Waals surface area contributed by atoms with Gasteiger partial charge in [0.05, 0.1) is 6.10 Å². The molecule has 0 aromatic heterocycles. The van der Waals surface area contributed by atoms with Crippen LogP contribution in [0.5, 0.6) is 0 Å². The molecule has 82 valence electrons. The first-order valence-electron chi connectivity index (χ1n) is 5.73. The Morgan fingerprint density at radius 1 is 1.40 bits per heavy atom. The number of ether oxygens (including phenoxy) is 1. The van der Waals surface area contributed by atoms with Crippen LogP contribution in [-0.2, 0) is 11.2 Å². The molecule has 2 nitrogen and oxygen atoms in total. The number of hydrogen-bond donors (Lipinski definition) is 1. The van der Waals surface area contributed by atoms with Crippen LogP contribution in [0.25, 0.3) is 0 Å². The van der Waals surface area contributed by atoms with Gasteiger partial charge < -0.3 is 10.1 Å². The molecule has 2 rings (SSSR count). The zero-order valence-corrected chi connectivity index (χ0v) is 9.28. The van der Waals surface area contributed by atoms with E-state index in [4.69, 9.17) is 4.74 Å². The summed E-state index contributed by atoms with van der Waals surface area (Å²) in [5.41, 5.74) is 1.38. The normalized spacial score (nSPS) is 22.9. The van der Waals surface area contributed by atoms with Crippen molar-refractivity contribution in [2.45, 2.75) is 31.4 Å². The average Bonchev–Trinajstić information content (AvgIpc) is 2.81. The molecule has 1 saturated heterocycles. The van der Waals surface area contributed by atoms with Crippen molar-refractivity contribution in [1.82, 2.24) is 5.32 Å². The molecule has 0 radical (unpaired) electrons. The Hall–Kier alpha value is -0.860. The lowest BCUT2D eigenvalue weighted by Gasteiger charge is -2.22. The third-order valence-corrected chi connectivity index (χ3v) is 3.08. The van der Waals surface area contributed by atoms with E-state index in [1.807, 2.05) is 7.05 Å². The molecule has 1 aromatic rings. The molecule has 1 heterocycles. The first-order chi connectivity index (χ1) is 7.40. The Labute approximate surface area is 91.6 Å². The maximum Gasteiger partial charge on any atom is 0.0732 e. The maximum absolute atomic E-state index is 5.72. The van der Waals surface area contributed by atoms with E-state index < -0.39 is 0 Å². The van der Waals surface area contributed by atoms with Crippen molar-refractivity contribution >= 4 is 0 Å². The second-order valence-corrected chi connectivity index (χ2v) is 4.14. The van der Waals surface area contributed by atoms with Crippen LogP contribution >= 0.6 is 0 Å². The smallest absolute Gasteiger partial charge is 0.0732 e. The van der Waals surface area contributed by atoms with Crippen molar-refractivity contribution in [3.05, 3.63) is 35.9 Å². The van der Waals surface area contributed by atoms with Gasteiger partial charge in [0, 0.05) is 12.6 Å². The van der Waals surface area contributed by atoms with E-state index in [2.05, 4.69) is 35.6 Å². The summed E-state index contributed by atoms with van der Waals surface area (Å²) in [6.45, 7) is 0.928. The minimum absolute atomic E-state index is 0.398. The number of hydrogen-bond acceptors (Lipinski definition) is 2. The molecule has 2 atom stereocenters. The lowest BCUT2D eigenvalue weighted by atomic mass is 10.00. The van der Waals surface area contributed by atoms with Crippen molar-refractivity contribution in [2.24, 2.45) is 0 Å². The third-order valence-electron chi connectivity index (χ3n) is 3.08. The Morgan fingerprint density at radius 2 is 2.20 bits per heavy atom. The van der Waals surface area contributed by atoms with Crippen molar-refractivity contribution in [2.75, 3.05) is 13.7 Å². The molecule has 1 fully saturated rings. The van der Waals surface area contributed by atoms with Gasteiger partial charge in [-0.05, 0) is 31.9 Å². The van der Waals surface area contributed by atoms with E-state index in [-0.39, 0.29) is 0 Å². The quantitative estimate of drug-likeness (QED) is 0.811. The molecule has 0 aliphatic carbocycles. The molecular weight excluding hydrogens is 186 g/mol. The molecule has 1 aliphatic heterocycles. The molecule has 0 unspecified atom stereocenters. The molecule has 0 bridgehead atoms.